The summed E-state index contributed by atoms with van der Waals surface area (Å²) >= 11 is -0.224. The van der Waals surface area contributed by atoms with E-state index < -0.39 is 0 Å². The molecule has 7 nitrogen and oxygen atoms in total. The fourth-order valence-electron chi connectivity index (χ4n) is 3.53. The van der Waals surface area contributed by atoms with Crippen LogP contribution in [0.5, 0.6) is 28.7 Å². The molecule has 35 heavy (non-hydrogen) atoms. The number of aromatic nitrogens is 1. The van der Waals surface area contributed by atoms with Crippen LogP contribution in [0.4, 0.5) is 0 Å². The first kappa shape index (κ1) is 24.4. The molecule has 1 heterocycles. The van der Waals surface area contributed by atoms with E-state index in [1.54, 1.807) is 19.2 Å². The topological polar surface area (TPSA) is 76.1 Å². The molecule has 0 radical (unpaired) electrons. The van der Waals surface area contributed by atoms with Crippen LogP contribution in [0.25, 0.3) is 11.3 Å². The maximum atomic E-state index is 13.2. The molecule has 0 amide bonds. The first-order valence-corrected chi connectivity index (χ1v) is 12.6. The minimum atomic E-state index is -0.224. The number of carbonyl (C=O) groups is 1. The van der Waals surface area contributed by atoms with E-state index in [4.69, 9.17) is 23.7 Å². The molecule has 4 aromatic rings. The number of ether oxygens (including phenoxy) is 5. The number of rotatable bonds is 10. The van der Waals surface area contributed by atoms with E-state index in [0.29, 0.717) is 45.5 Å². The Labute approximate surface area is 209 Å². The van der Waals surface area contributed by atoms with Crippen LogP contribution in [0, 0.1) is 0 Å². The van der Waals surface area contributed by atoms with Crippen LogP contribution in [0.15, 0.2) is 65.6 Å². The van der Waals surface area contributed by atoms with Crippen LogP contribution in [-0.4, -0.2) is 53.7 Å². The molecule has 0 aliphatic heterocycles. The van der Waals surface area contributed by atoms with Gasteiger partial charge in [-0.2, -0.15) is 0 Å². The van der Waals surface area contributed by atoms with Crippen LogP contribution < -0.4 is 23.7 Å². The van der Waals surface area contributed by atoms with Crippen LogP contribution in [0.1, 0.15) is 20.5 Å². The van der Waals surface area contributed by atoms with E-state index >= 15 is 0 Å². The van der Waals surface area contributed by atoms with Gasteiger partial charge in [0.1, 0.15) is 0 Å². The molecule has 0 spiro atoms. The van der Waals surface area contributed by atoms with Crippen molar-refractivity contribution in [3.63, 3.8) is 0 Å². The Kier molecular flexibility index (Phi) is 7.75. The predicted molar refractivity (Wildman–Crippen MR) is 133 cm³/mol. The summed E-state index contributed by atoms with van der Waals surface area (Å²) in [6, 6.07) is 18.8. The Bertz CT molecular complexity index is 1290. The van der Waals surface area contributed by atoms with Gasteiger partial charge < -0.3 is 0 Å². The van der Waals surface area contributed by atoms with E-state index in [1.807, 2.05) is 53.5 Å². The molecular weight excluding hydrogens is 513 g/mol. The number of hydrogen-bond acceptors (Lipinski definition) is 7. The maximum absolute atomic E-state index is 13.2. The summed E-state index contributed by atoms with van der Waals surface area (Å²) in [6.45, 7) is 0.414. The van der Waals surface area contributed by atoms with E-state index in [2.05, 4.69) is 4.98 Å². The molecule has 0 fully saturated rings. The van der Waals surface area contributed by atoms with Crippen molar-refractivity contribution in [2.24, 2.45) is 0 Å². The van der Waals surface area contributed by atoms with Gasteiger partial charge in [-0.05, 0) is 0 Å². The van der Waals surface area contributed by atoms with Crippen molar-refractivity contribution in [1.82, 2.24) is 4.98 Å². The van der Waals surface area contributed by atoms with Crippen molar-refractivity contribution < 1.29 is 28.5 Å². The molecule has 0 atom stereocenters. The molecule has 0 aliphatic rings. The zero-order valence-electron chi connectivity index (χ0n) is 19.9. The summed E-state index contributed by atoms with van der Waals surface area (Å²) in [5.41, 5.74) is 3.06. The third-order valence-corrected chi connectivity index (χ3v) is 7.09. The van der Waals surface area contributed by atoms with Crippen LogP contribution in [0.2, 0.25) is 0 Å². The van der Waals surface area contributed by atoms with Gasteiger partial charge in [0.25, 0.3) is 0 Å². The van der Waals surface area contributed by atoms with Gasteiger partial charge in [0.2, 0.25) is 0 Å². The number of methoxy groups -OCH3 is 4. The van der Waals surface area contributed by atoms with E-state index in [9.17, 15) is 4.79 Å². The minimum absolute atomic E-state index is 0.176. The zero-order valence-corrected chi connectivity index (χ0v) is 21.6. The number of nitrogens with zero attached hydrogens (tertiary/aromatic N) is 1. The second kappa shape index (κ2) is 11.1. The third kappa shape index (κ3) is 5.34. The summed E-state index contributed by atoms with van der Waals surface area (Å²) in [4.78, 5) is 19.9. The Morgan fingerprint density at radius 3 is 2.11 bits per heavy atom. The third-order valence-electron chi connectivity index (χ3n) is 5.32. The van der Waals surface area contributed by atoms with Gasteiger partial charge in [-0.15, -0.1) is 0 Å². The average molecular weight is 538 g/mol. The average Bonchev–Trinajstić information content (AvgIpc) is 3.41. The molecule has 0 saturated heterocycles. The normalized spacial score (nSPS) is 10.5. The standard InChI is InChI=1S/C27H25NO6Se/c1-30-21-11-10-18(12-22(21)34-15-17-8-6-5-7-9-17)20-16-35-27(28-20)25(29)19-13-23(31-2)26(33-4)24(14-19)32-3/h5-14,16H,15H2,1-4H3. The fraction of sp³-hybridized carbons (Fsp3) is 0.185. The Hall–Kier alpha value is -3.74. The van der Waals surface area contributed by atoms with Gasteiger partial charge in [-0.25, -0.2) is 0 Å². The number of hydrogen-bond donors (Lipinski definition) is 0. The van der Waals surface area contributed by atoms with Crippen molar-refractivity contribution in [1.29, 1.82) is 0 Å². The monoisotopic (exact) mass is 539 g/mol. The van der Waals surface area contributed by atoms with Gasteiger partial charge in [0, 0.05) is 0 Å². The molecule has 4 rings (SSSR count). The van der Waals surface area contributed by atoms with E-state index in [1.165, 1.54) is 21.3 Å². The summed E-state index contributed by atoms with van der Waals surface area (Å²) in [5.74, 6) is 2.35. The van der Waals surface area contributed by atoms with Crippen LogP contribution in [-0.2, 0) is 6.61 Å². The number of carbonyl (C=O) groups excluding carboxylic acids is 1. The van der Waals surface area contributed by atoms with Gasteiger partial charge in [-0.3, -0.25) is 0 Å². The van der Waals surface area contributed by atoms with Gasteiger partial charge in [0.05, 0.1) is 0 Å². The summed E-state index contributed by atoms with van der Waals surface area (Å²) in [7, 11) is 6.16. The molecule has 1 aromatic heterocycles. The van der Waals surface area contributed by atoms with Crippen molar-refractivity contribution in [3.05, 3.63) is 81.3 Å². The van der Waals surface area contributed by atoms with Crippen molar-refractivity contribution in [2.75, 3.05) is 28.4 Å². The predicted octanol–water partition coefficient (Wildman–Crippen LogP) is 4.65. The van der Waals surface area contributed by atoms with Crippen molar-refractivity contribution in [2.45, 2.75) is 6.61 Å². The molecule has 0 bridgehead atoms. The van der Waals surface area contributed by atoms with Crippen LogP contribution in [0.3, 0.4) is 0 Å². The summed E-state index contributed by atoms with van der Waals surface area (Å²) in [6.07, 6.45) is 0. The second-order valence-corrected chi connectivity index (χ2v) is 9.22. The number of ketones is 1. The first-order valence-electron chi connectivity index (χ1n) is 10.7. The van der Waals surface area contributed by atoms with Crippen molar-refractivity contribution >= 4 is 20.3 Å². The number of benzene rings is 3. The quantitative estimate of drug-likeness (QED) is 0.215. The first-order chi connectivity index (χ1) is 17.1. The molecule has 0 saturated carbocycles. The summed E-state index contributed by atoms with van der Waals surface area (Å²) in [5, 5.41) is 0. The van der Waals surface area contributed by atoms with Crippen molar-refractivity contribution in [3.8, 4) is 40.0 Å². The molecule has 0 N–H and O–H groups in total. The Balaban J connectivity index is 1.60. The summed E-state index contributed by atoms with van der Waals surface area (Å²) < 4.78 is 28.1. The van der Waals surface area contributed by atoms with E-state index in [-0.39, 0.29) is 20.3 Å². The molecule has 8 heteroatoms. The molecule has 0 aliphatic carbocycles. The Morgan fingerprint density at radius 1 is 0.800 bits per heavy atom. The molecule has 3 aromatic carbocycles. The van der Waals surface area contributed by atoms with E-state index in [0.717, 1.165) is 16.8 Å². The van der Waals surface area contributed by atoms with Gasteiger partial charge >= 0.3 is 210 Å². The SMILES string of the molecule is COc1ccc(-c2c[se]c(C(=O)c3cc(OC)c(OC)c(OC)c3)n2)cc1OCc1ccccc1. The molecule has 0 unspecified atom stereocenters. The fourth-order valence-corrected chi connectivity index (χ4v) is 5.18. The second-order valence-electron chi connectivity index (χ2n) is 7.42. The van der Waals surface area contributed by atoms with Crippen LogP contribution >= 0.6 is 0 Å². The van der Waals surface area contributed by atoms with Gasteiger partial charge in [-0.1, -0.05) is 0 Å². The molecule has 180 valence electrons. The zero-order chi connectivity index (χ0) is 24.8. The van der Waals surface area contributed by atoms with Gasteiger partial charge in [0.15, 0.2) is 0 Å². The molecular formula is C27H25NO6Se. The Morgan fingerprint density at radius 2 is 1.49 bits per heavy atom.